The highest BCUT2D eigenvalue weighted by Gasteiger charge is 2.15. The van der Waals surface area contributed by atoms with Crippen molar-refractivity contribution in [3.63, 3.8) is 0 Å². The summed E-state index contributed by atoms with van der Waals surface area (Å²) >= 11 is 0. The maximum absolute atomic E-state index is 6.63. The average molecular weight is 785 g/mol. The molecule has 0 aromatic heterocycles. The molecule has 0 saturated heterocycles. The number of hydrogen-bond donors (Lipinski definition) is 0. The maximum atomic E-state index is 6.63. The number of benzene rings is 6. The van der Waals surface area contributed by atoms with Crippen LogP contribution in [0.5, 0.6) is 63.2 Å². The third-order valence-corrected chi connectivity index (χ3v) is 9.86. The van der Waals surface area contributed by atoms with Crippen molar-refractivity contribution in [2.75, 3.05) is 49.8 Å². The Morgan fingerprint density at radius 3 is 0.931 bits per heavy atom. The van der Waals surface area contributed by atoms with E-state index in [1.165, 1.54) is 11.1 Å². The summed E-state index contributed by atoms with van der Waals surface area (Å²) < 4.78 is 52.4. The second kappa shape index (κ2) is 20.1. The van der Waals surface area contributed by atoms with Crippen molar-refractivity contribution < 1.29 is 42.6 Å². The number of ether oxygens (including phenoxy) is 9. The van der Waals surface area contributed by atoms with Crippen LogP contribution in [0.15, 0.2) is 115 Å². The van der Waals surface area contributed by atoms with Gasteiger partial charge in [-0.25, -0.2) is 0 Å². The van der Waals surface area contributed by atoms with Crippen LogP contribution < -0.4 is 42.6 Å². The molecule has 0 heterocycles. The molecule has 0 aliphatic carbocycles. The van der Waals surface area contributed by atoms with E-state index in [-0.39, 0.29) is 0 Å². The van der Waals surface area contributed by atoms with Gasteiger partial charge in [0.1, 0.15) is 46.0 Å². The van der Waals surface area contributed by atoms with E-state index in [9.17, 15) is 0 Å². The molecular weight excluding hydrogens is 733 g/mol. The molecular formula is C49H52O9. The standard InChI is InChI=1S/C49H52O9/c1-50-39-12-8-10-33(20-39)14-16-35-22-41(52-3)30-43(24-35)57-45-26-37(18-19-38-28-47(54-5)49(56-7)48(29-38)55-6)27-46(32-45)58-44-25-36(23-42(31-44)53-4)17-15-34-11-9-13-40(21-34)51-2/h8-13,20-32H,14-19H2,1-7H3. The van der Waals surface area contributed by atoms with Crippen LogP contribution in [0.1, 0.15) is 33.4 Å². The molecule has 0 saturated carbocycles. The van der Waals surface area contributed by atoms with Crippen LogP contribution in [0.2, 0.25) is 0 Å². The zero-order chi connectivity index (χ0) is 40.9. The third kappa shape index (κ3) is 11.1. The Bertz CT molecular complexity index is 2130. The molecule has 0 atom stereocenters. The topological polar surface area (TPSA) is 83.1 Å². The van der Waals surface area contributed by atoms with Crippen LogP contribution >= 0.6 is 0 Å². The largest absolute Gasteiger partial charge is 0.497 e. The molecule has 0 aliphatic rings. The molecule has 9 heteroatoms. The summed E-state index contributed by atoms with van der Waals surface area (Å²) in [4.78, 5) is 0. The van der Waals surface area contributed by atoms with Crippen LogP contribution in [0, 0.1) is 0 Å². The predicted octanol–water partition coefficient (Wildman–Crippen LogP) is 10.7. The molecule has 302 valence electrons. The molecule has 0 N–H and O–H groups in total. The van der Waals surface area contributed by atoms with Crippen molar-refractivity contribution in [3.05, 3.63) is 149 Å². The molecule has 0 radical (unpaired) electrons. The lowest BCUT2D eigenvalue weighted by molar-refractivity contribution is 0.324. The zero-order valence-electron chi connectivity index (χ0n) is 34.4. The Labute approximate surface area is 341 Å². The van der Waals surface area contributed by atoms with E-state index in [0.29, 0.717) is 64.6 Å². The maximum Gasteiger partial charge on any atom is 0.203 e. The number of methoxy groups -OCH3 is 7. The molecule has 6 aromatic rings. The highest BCUT2D eigenvalue weighted by molar-refractivity contribution is 5.54. The van der Waals surface area contributed by atoms with Gasteiger partial charge in [0, 0.05) is 18.2 Å². The van der Waals surface area contributed by atoms with Gasteiger partial charge < -0.3 is 42.6 Å². The van der Waals surface area contributed by atoms with E-state index < -0.39 is 0 Å². The van der Waals surface area contributed by atoms with Gasteiger partial charge in [-0.05, 0) is 145 Å². The van der Waals surface area contributed by atoms with E-state index in [0.717, 1.165) is 59.4 Å². The Morgan fingerprint density at radius 1 is 0.276 bits per heavy atom. The Morgan fingerprint density at radius 2 is 0.586 bits per heavy atom. The van der Waals surface area contributed by atoms with Crippen molar-refractivity contribution in [2.45, 2.75) is 38.5 Å². The summed E-state index contributed by atoms with van der Waals surface area (Å²) in [6.45, 7) is 0. The second-order valence-corrected chi connectivity index (χ2v) is 13.8. The van der Waals surface area contributed by atoms with Crippen LogP contribution in [-0.4, -0.2) is 49.8 Å². The SMILES string of the molecule is COc1cccc(CCc2cc(OC)cc(Oc3cc(CCc4cc(OC)c(OC)c(OC)c4)cc(Oc4cc(CCc5cccc(OC)c5)cc(OC)c4)c3)c2)c1. The van der Waals surface area contributed by atoms with Gasteiger partial charge in [0.15, 0.2) is 11.5 Å². The van der Waals surface area contributed by atoms with Gasteiger partial charge in [-0.15, -0.1) is 0 Å². The highest BCUT2D eigenvalue weighted by Crippen LogP contribution is 2.39. The van der Waals surface area contributed by atoms with Crippen LogP contribution in [0.3, 0.4) is 0 Å². The second-order valence-electron chi connectivity index (χ2n) is 13.8. The highest BCUT2D eigenvalue weighted by atomic mass is 16.5. The Balaban J connectivity index is 1.29. The fourth-order valence-corrected chi connectivity index (χ4v) is 6.87. The summed E-state index contributed by atoms with van der Waals surface area (Å²) in [6, 6.07) is 38.2. The van der Waals surface area contributed by atoms with E-state index in [1.54, 1.807) is 49.8 Å². The molecule has 58 heavy (non-hydrogen) atoms. The molecule has 6 rings (SSSR count). The monoisotopic (exact) mass is 784 g/mol. The molecule has 0 amide bonds. The first-order chi connectivity index (χ1) is 28.3. The molecule has 0 aliphatic heterocycles. The van der Waals surface area contributed by atoms with Crippen molar-refractivity contribution in [3.8, 4) is 63.2 Å². The minimum Gasteiger partial charge on any atom is -0.497 e. The molecule has 0 bridgehead atoms. The van der Waals surface area contributed by atoms with E-state index >= 15 is 0 Å². The molecule has 6 aromatic carbocycles. The lowest BCUT2D eigenvalue weighted by atomic mass is 10.0. The van der Waals surface area contributed by atoms with Crippen LogP contribution in [0.4, 0.5) is 0 Å². The average Bonchev–Trinajstić information content (AvgIpc) is 3.26. The number of rotatable bonds is 20. The van der Waals surface area contributed by atoms with Crippen molar-refractivity contribution >= 4 is 0 Å². The van der Waals surface area contributed by atoms with Crippen molar-refractivity contribution in [1.29, 1.82) is 0 Å². The summed E-state index contributed by atoms with van der Waals surface area (Å²) in [5.74, 6) is 7.47. The van der Waals surface area contributed by atoms with Gasteiger partial charge in [-0.1, -0.05) is 24.3 Å². The quantitative estimate of drug-likeness (QED) is 0.0751. The molecule has 9 nitrogen and oxygen atoms in total. The van der Waals surface area contributed by atoms with Gasteiger partial charge in [0.2, 0.25) is 5.75 Å². The first kappa shape index (κ1) is 41.2. The predicted molar refractivity (Wildman–Crippen MR) is 227 cm³/mol. The van der Waals surface area contributed by atoms with Gasteiger partial charge in [-0.2, -0.15) is 0 Å². The summed E-state index contributed by atoms with van der Waals surface area (Å²) in [5.41, 5.74) is 6.60. The minimum absolute atomic E-state index is 0.558. The minimum atomic E-state index is 0.558. The summed E-state index contributed by atoms with van der Waals surface area (Å²) in [6.07, 6.45) is 4.63. The zero-order valence-corrected chi connectivity index (χ0v) is 34.4. The summed E-state index contributed by atoms with van der Waals surface area (Å²) in [7, 11) is 11.5. The van der Waals surface area contributed by atoms with Gasteiger partial charge in [-0.3, -0.25) is 0 Å². The third-order valence-electron chi connectivity index (χ3n) is 9.86. The van der Waals surface area contributed by atoms with Gasteiger partial charge in [0.25, 0.3) is 0 Å². The fraction of sp³-hybridized carbons (Fsp3) is 0.265. The van der Waals surface area contributed by atoms with Gasteiger partial charge in [0.05, 0.1) is 49.8 Å². The molecule has 0 spiro atoms. The van der Waals surface area contributed by atoms with Crippen molar-refractivity contribution in [1.82, 2.24) is 0 Å². The molecule has 0 unspecified atom stereocenters. The van der Waals surface area contributed by atoms with E-state index in [4.69, 9.17) is 42.6 Å². The smallest absolute Gasteiger partial charge is 0.203 e. The van der Waals surface area contributed by atoms with Crippen LogP contribution in [-0.2, 0) is 38.5 Å². The molecule has 0 fully saturated rings. The van der Waals surface area contributed by atoms with E-state index in [2.05, 4.69) is 36.4 Å². The summed E-state index contributed by atoms with van der Waals surface area (Å²) in [5, 5.41) is 0. The normalized spacial score (nSPS) is 10.7. The van der Waals surface area contributed by atoms with Crippen LogP contribution in [0.25, 0.3) is 0 Å². The number of hydrogen-bond acceptors (Lipinski definition) is 9. The first-order valence-corrected chi connectivity index (χ1v) is 19.2. The fourth-order valence-electron chi connectivity index (χ4n) is 6.87. The lowest BCUT2D eigenvalue weighted by Crippen LogP contribution is -1.99. The Kier molecular flexibility index (Phi) is 14.3. The lowest BCUT2D eigenvalue weighted by Gasteiger charge is -2.16. The number of aryl methyl sites for hydroxylation is 6. The van der Waals surface area contributed by atoms with Crippen molar-refractivity contribution in [2.24, 2.45) is 0 Å². The van der Waals surface area contributed by atoms with E-state index in [1.807, 2.05) is 78.9 Å². The van der Waals surface area contributed by atoms with Gasteiger partial charge >= 0.3 is 0 Å². The first-order valence-electron chi connectivity index (χ1n) is 19.2. The Hall–Kier alpha value is -6.48.